The highest BCUT2D eigenvalue weighted by atomic mass is 15.1. The molecule has 0 radical (unpaired) electrons. The molecule has 0 amide bonds. The van der Waals surface area contributed by atoms with E-state index in [1.165, 1.54) is 44.3 Å². The minimum atomic E-state index is 0.995. The zero-order valence-electron chi connectivity index (χ0n) is 17.1. The molecule has 0 atom stereocenters. The number of nitrogens with zero attached hydrogens (tertiary/aromatic N) is 2. The van der Waals surface area contributed by atoms with Crippen molar-refractivity contribution in [1.82, 2.24) is 14.5 Å². The number of H-pyrrole nitrogens is 2. The molecule has 0 spiro atoms. The molecular weight excluding hydrogens is 356 g/mol. The Kier molecular flexibility index (Phi) is 4.47. The molecule has 0 unspecified atom stereocenters. The zero-order valence-corrected chi connectivity index (χ0v) is 17.1. The van der Waals surface area contributed by atoms with Gasteiger partial charge in [0.05, 0.1) is 13.1 Å². The van der Waals surface area contributed by atoms with Crippen molar-refractivity contribution in [2.24, 2.45) is 0 Å². The minimum absolute atomic E-state index is 0.995. The van der Waals surface area contributed by atoms with E-state index in [4.69, 9.17) is 0 Å². The highest BCUT2D eigenvalue weighted by Crippen LogP contribution is 2.20. The predicted molar refractivity (Wildman–Crippen MR) is 118 cm³/mol. The fourth-order valence-electron chi connectivity index (χ4n) is 4.37. The number of hydrogen-bond acceptors (Lipinski definition) is 0. The van der Waals surface area contributed by atoms with Gasteiger partial charge in [-0.25, -0.2) is 9.13 Å². The van der Waals surface area contributed by atoms with Gasteiger partial charge < -0.3 is 9.97 Å². The Balaban J connectivity index is 1.32. The summed E-state index contributed by atoms with van der Waals surface area (Å²) in [6.45, 7) is 6.45. The molecule has 4 heteroatoms. The van der Waals surface area contributed by atoms with Crippen LogP contribution in [0.2, 0.25) is 0 Å². The Morgan fingerprint density at radius 2 is 1.38 bits per heavy atom. The normalized spacial score (nSPS) is 11.7. The van der Waals surface area contributed by atoms with Crippen LogP contribution in [0.4, 0.5) is 0 Å². The average molecular weight is 384 g/mol. The van der Waals surface area contributed by atoms with Crippen LogP contribution in [0.5, 0.6) is 0 Å². The maximum absolute atomic E-state index is 3.39. The first kappa shape index (κ1) is 17.8. The summed E-state index contributed by atoms with van der Waals surface area (Å²) in [5.74, 6) is 0. The van der Waals surface area contributed by atoms with E-state index in [0.29, 0.717) is 0 Å². The summed E-state index contributed by atoms with van der Waals surface area (Å²) in [4.78, 5) is 6.78. The van der Waals surface area contributed by atoms with Gasteiger partial charge in [-0.05, 0) is 23.3 Å². The van der Waals surface area contributed by atoms with E-state index in [2.05, 4.69) is 100 Å². The van der Waals surface area contributed by atoms with Crippen molar-refractivity contribution < 1.29 is 4.57 Å². The standard InChI is InChI=1S/C25H27N4/c1-18-19(2)29(14-12-21-16-27-25-10-6-4-8-23(21)25)17-28(18)13-11-20-15-26-24-9-5-3-7-22(20)24/h3-10,15-17,26-27H,11-14H2,1-2H3/q+1. The fourth-order valence-corrected chi connectivity index (χ4v) is 4.37. The lowest BCUT2D eigenvalue weighted by molar-refractivity contribution is -0.701. The molecule has 2 N–H and O–H groups in total. The van der Waals surface area contributed by atoms with E-state index < -0.39 is 0 Å². The first-order valence-electron chi connectivity index (χ1n) is 10.4. The Hall–Kier alpha value is -3.27. The summed E-state index contributed by atoms with van der Waals surface area (Å²) in [5.41, 5.74) is 7.91. The first-order chi connectivity index (χ1) is 14.2. The van der Waals surface area contributed by atoms with Gasteiger partial charge in [-0.3, -0.25) is 0 Å². The third kappa shape index (κ3) is 3.25. The minimum Gasteiger partial charge on any atom is -0.361 e. The van der Waals surface area contributed by atoms with Crippen LogP contribution < -0.4 is 4.57 Å². The number of para-hydroxylation sites is 2. The van der Waals surface area contributed by atoms with Crippen LogP contribution in [-0.2, 0) is 25.9 Å². The van der Waals surface area contributed by atoms with Gasteiger partial charge in [-0.1, -0.05) is 36.4 Å². The monoisotopic (exact) mass is 383 g/mol. The number of imidazole rings is 1. The molecule has 0 aliphatic carbocycles. The van der Waals surface area contributed by atoms with Crippen LogP contribution in [0.25, 0.3) is 21.8 Å². The topological polar surface area (TPSA) is 40.4 Å². The number of hydrogen-bond donors (Lipinski definition) is 2. The maximum atomic E-state index is 3.39. The molecule has 4 nitrogen and oxygen atoms in total. The van der Waals surface area contributed by atoms with Crippen molar-refractivity contribution in [3.8, 4) is 0 Å². The van der Waals surface area contributed by atoms with Gasteiger partial charge in [0.25, 0.3) is 0 Å². The van der Waals surface area contributed by atoms with E-state index in [-0.39, 0.29) is 0 Å². The van der Waals surface area contributed by atoms with Crippen LogP contribution in [0.15, 0.2) is 67.3 Å². The smallest absolute Gasteiger partial charge is 0.244 e. The summed E-state index contributed by atoms with van der Waals surface area (Å²) < 4.78 is 4.79. The van der Waals surface area contributed by atoms with Crippen molar-refractivity contribution in [2.75, 3.05) is 0 Å². The van der Waals surface area contributed by atoms with Crippen LogP contribution in [0.1, 0.15) is 22.5 Å². The maximum Gasteiger partial charge on any atom is 0.244 e. The van der Waals surface area contributed by atoms with Crippen LogP contribution >= 0.6 is 0 Å². The van der Waals surface area contributed by atoms with Gasteiger partial charge in [0.2, 0.25) is 6.33 Å². The molecule has 0 fully saturated rings. The molecule has 3 heterocycles. The quantitative estimate of drug-likeness (QED) is 0.394. The lowest BCUT2D eigenvalue weighted by Gasteiger charge is -1.99. The molecule has 0 bridgehead atoms. The van der Waals surface area contributed by atoms with Gasteiger partial charge in [0.15, 0.2) is 0 Å². The summed E-state index contributed by atoms with van der Waals surface area (Å²) in [7, 11) is 0. The summed E-state index contributed by atoms with van der Waals surface area (Å²) in [5, 5.41) is 2.67. The third-order valence-corrected chi connectivity index (χ3v) is 6.26. The van der Waals surface area contributed by atoms with Crippen LogP contribution in [0, 0.1) is 13.8 Å². The average Bonchev–Trinajstić information content (AvgIpc) is 3.43. The molecule has 5 aromatic rings. The van der Waals surface area contributed by atoms with E-state index in [1.807, 2.05) is 0 Å². The molecule has 0 saturated heterocycles. The van der Waals surface area contributed by atoms with Crippen LogP contribution in [-0.4, -0.2) is 14.5 Å². The van der Waals surface area contributed by atoms with E-state index in [9.17, 15) is 0 Å². The second-order valence-corrected chi connectivity index (χ2v) is 7.89. The largest absolute Gasteiger partial charge is 0.361 e. The molecule has 29 heavy (non-hydrogen) atoms. The molecular formula is C25H27N4+. The van der Waals surface area contributed by atoms with E-state index >= 15 is 0 Å². The Morgan fingerprint density at radius 3 is 2.03 bits per heavy atom. The molecule has 2 aromatic carbocycles. The Bertz CT molecular complexity index is 1190. The van der Waals surface area contributed by atoms with Gasteiger partial charge >= 0.3 is 0 Å². The van der Waals surface area contributed by atoms with Gasteiger partial charge in [0.1, 0.15) is 11.4 Å². The number of fused-ring (bicyclic) bond motifs is 2. The van der Waals surface area contributed by atoms with E-state index in [0.717, 1.165) is 25.9 Å². The molecule has 0 aliphatic rings. The van der Waals surface area contributed by atoms with Gasteiger partial charge in [-0.15, -0.1) is 0 Å². The van der Waals surface area contributed by atoms with E-state index in [1.54, 1.807) is 0 Å². The van der Waals surface area contributed by atoms with Crippen molar-refractivity contribution in [1.29, 1.82) is 0 Å². The van der Waals surface area contributed by atoms with Gasteiger partial charge in [-0.2, -0.15) is 0 Å². The molecule has 146 valence electrons. The molecule has 3 aromatic heterocycles. The van der Waals surface area contributed by atoms with Crippen molar-refractivity contribution in [3.05, 3.63) is 89.8 Å². The SMILES string of the molecule is Cc1c(C)[n+](CCc2c[nH]c3ccccc23)cn1CCc1c[nH]c2ccccc12. The fraction of sp³-hybridized carbons (Fsp3) is 0.240. The summed E-state index contributed by atoms with van der Waals surface area (Å²) >= 11 is 0. The molecule has 0 aliphatic heterocycles. The summed E-state index contributed by atoms with van der Waals surface area (Å²) in [6, 6.07) is 17.1. The third-order valence-electron chi connectivity index (χ3n) is 6.26. The van der Waals surface area contributed by atoms with Gasteiger partial charge in [0, 0.05) is 60.9 Å². The van der Waals surface area contributed by atoms with Crippen LogP contribution in [0.3, 0.4) is 0 Å². The number of aromatic amines is 2. The highest BCUT2D eigenvalue weighted by molar-refractivity contribution is 5.83. The van der Waals surface area contributed by atoms with Crippen molar-refractivity contribution in [2.45, 2.75) is 39.8 Å². The zero-order chi connectivity index (χ0) is 19.8. The second-order valence-electron chi connectivity index (χ2n) is 7.89. The Morgan fingerprint density at radius 1 is 0.793 bits per heavy atom. The number of benzene rings is 2. The lowest BCUT2D eigenvalue weighted by Crippen LogP contribution is -2.35. The highest BCUT2D eigenvalue weighted by Gasteiger charge is 2.17. The summed E-state index contributed by atoms with van der Waals surface area (Å²) in [6.07, 6.45) is 8.65. The Labute approximate surface area is 170 Å². The first-order valence-corrected chi connectivity index (χ1v) is 10.4. The lowest BCUT2D eigenvalue weighted by atomic mass is 10.1. The molecule has 0 saturated carbocycles. The second kappa shape index (κ2) is 7.28. The van der Waals surface area contributed by atoms with Crippen molar-refractivity contribution in [3.63, 3.8) is 0 Å². The number of nitrogens with one attached hydrogen (secondary N) is 2. The number of aryl methyl sites for hydroxylation is 4. The number of rotatable bonds is 6. The molecule has 5 rings (SSSR count). The predicted octanol–water partition coefficient (Wildman–Crippen LogP) is 4.84. The van der Waals surface area contributed by atoms with Crippen molar-refractivity contribution >= 4 is 21.8 Å². The number of aromatic nitrogens is 4.